The number of rotatable bonds is 4. The third-order valence-electron chi connectivity index (χ3n) is 3.71. The Balaban J connectivity index is 1.71. The molecule has 0 aliphatic carbocycles. The number of tetrazole rings is 1. The smallest absolute Gasteiger partial charge is 0.223 e. The fourth-order valence-corrected chi connectivity index (χ4v) is 2.50. The van der Waals surface area contributed by atoms with E-state index in [2.05, 4.69) is 25.4 Å². The van der Waals surface area contributed by atoms with Crippen molar-refractivity contribution in [1.29, 1.82) is 0 Å². The molecule has 7 heteroatoms. The third-order valence-corrected chi connectivity index (χ3v) is 3.71. The van der Waals surface area contributed by atoms with Crippen molar-refractivity contribution < 1.29 is 4.74 Å². The predicted octanol–water partition coefficient (Wildman–Crippen LogP) is 2.79. The zero-order chi connectivity index (χ0) is 17.1. The van der Waals surface area contributed by atoms with Crippen molar-refractivity contribution in [3.8, 4) is 34.1 Å². The Morgan fingerprint density at radius 3 is 2.60 bits per heavy atom. The highest BCUT2D eigenvalue weighted by Gasteiger charge is 2.11. The molecular weight excluding hydrogens is 316 g/mol. The lowest BCUT2D eigenvalue weighted by Crippen LogP contribution is -2.00. The molecule has 0 aliphatic heterocycles. The summed E-state index contributed by atoms with van der Waals surface area (Å²) >= 11 is 0. The number of nitrogens with zero attached hydrogens (tertiary/aromatic N) is 6. The molecular formula is C18H14N6O. The third kappa shape index (κ3) is 2.94. The molecule has 4 aromatic rings. The zero-order valence-corrected chi connectivity index (χ0v) is 13.4. The van der Waals surface area contributed by atoms with Gasteiger partial charge in [-0.3, -0.25) is 9.97 Å². The van der Waals surface area contributed by atoms with Gasteiger partial charge in [-0.1, -0.05) is 6.07 Å². The minimum absolute atomic E-state index is 0.470. The molecule has 0 saturated heterocycles. The highest BCUT2D eigenvalue weighted by atomic mass is 16.5. The standard InChI is InChI=1S/C18H14N6O/c1-25-17-12-14(5-6-15(17)13-7-10-19-11-8-13)24-22-18(21-23-24)16-4-2-3-9-20-16/h2-12H,1H3. The van der Waals surface area contributed by atoms with E-state index in [0.29, 0.717) is 11.5 Å². The normalized spacial score (nSPS) is 10.6. The van der Waals surface area contributed by atoms with Crippen LogP contribution in [0.4, 0.5) is 0 Å². The summed E-state index contributed by atoms with van der Waals surface area (Å²) in [6, 6.07) is 15.2. The molecule has 0 amide bonds. The summed E-state index contributed by atoms with van der Waals surface area (Å²) in [5, 5.41) is 12.6. The number of ether oxygens (including phenoxy) is 1. The Bertz CT molecular complexity index is 985. The largest absolute Gasteiger partial charge is 0.496 e. The van der Waals surface area contributed by atoms with Gasteiger partial charge in [-0.15, -0.1) is 15.0 Å². The molecule has 4 rings (SSSR count). The number of aromatic nitrogens is 6. The van der Waals surface area contributed by atoms with Crippen molar-refractivity contribution in [3.05, 3.63) is 67.1 Å². The second-order valence-electron chi connectivity index (χ2n) is 5.24. The molecule has 0 spiro atoms. The Morgan fingerprint density at radius 2 is 1.84 bits per heavy atom. The lowest BCUT2D eigenvalue weighted by Gasteiger charge is -2.10. The molecule has 0 saturated carbocycles. The molecule has 1 aromatic carbocycles. The van der Waals surface area contributed by atoms with E-state index in [1.165, 1.54) is 4.80 Å². The summed E-state index contributed by atoms with van der Waals surface area (Å²) in [6.07, 6.45) is 5.20. The Labute approximate surface area is 144 Å². The topological polar surface area (TPSA) is 78.6 Å². The molecule has 0 N–H and O–H groups in total. The molecule has 3 heterocycles. The van der Waals surface area contributed by atoms with Crippen molar-refractivity contribution in [2.75, 3.05) is 7.11 Å². The van der Waals surface area contributed by atoms with E-state index in [1.807, 2.05) is 48.5 Å². The molecule has 25 heavy (non-hydrogen) atoms. The van der Waals surface area contributed by atoms with Crippen LogP contribution < -0.4 is 4.74 Å². The van der Waals surface area contributed by atoms with E-state index in [9.17, 15) is 0 Å². The fourth-order valence-electron chi connectivity index (χ4n) is 2.50. The number of hydrogen-bond acceptors (Lipinski definition) is 6. The molecule has 122 valence electrons. The first-order valence-electron chi connectivity index (χ1n) is 7.65. The van der Waals surface area contributed by atoms with Gasteiger partial charge in [0.1, 0.15) is 11.4 Å². The summed E-state index contributed by atoms with van der Waals surface area (Å²) in [4.78, 5) is 9.74. The fraction of sp³-hybridized carbons (Fsp3) is 0.0556. The monoisotopic (exact) mass is 330 g/mol. The van der Waals surface area contributed by atoms with Crippen LogP contribution in [0.2, 0.25) is 0 Å². The molecule has 0 radical (unpaired) electrons. The number of pyridine rings is 2. The number of hydrogen-bond donors (Lipinski definition) is 0. The average molecular weight is 330 g/mol. The van der Waals surface area contributed by atoms with Crippen molar-refractivity contribution >= 4 is 0 Å². The van der Waals surface area contributed by atoms with Crippen molar-refractivity contribution in [3.63, 3.8) is 0 Å². The molecule has 0 atom stereocenters. The summed E-state index contributed by atoms with van der Waals surface area (Å²) in [6.45, 7) is 0. The van der Waals surface area contributed by atoms with E-state index in [-0.39, 0.29) is 0 Å². The van der Waals surface area contributed by atoms with Crippen molar-refractivity contribution in [1.82, 2.24) is 30.2 Å². The summed E-state index contributed by atoms with van der Waals surface area (Å²) in [5.74, 6) is 1.19. The highest BCUT2D eigenvalue weighted by molar-refractivity contribution is 5.71. The van der Waals surface area contributed by atoms with E-state index in [0.717, 1.165) is 22.6 Å². The van der Waals surface area contributed by atoms with Gasteiger partial charge in [0, 0.05) is 30.2 Å². The van der Waals surface area contributed by atoms with Crippen LogP contribution in [-0.4, -0.2) is 37.3 Å². The quantitative estimate of drug-likeness (QED) is 0.572. The molecule has 0 bridgehead atoms. The van der Waals surface area contributed by atoms with E-state index < -0.39 is 0 Å². The SMILES string of the molecule is COc1cc(-n2nnc(-c3ccccn3)n2)ccc1-c1ccncc1. The minimum atomic E-state index is 0.470. The predicted molar refractivity (Wildman–Crippen MR) is 92.2 cm³/mol. The molecule has 0 fully saturated rings. The molecule has 0 unspecified atom stereocenters. The highest BCUT2D eigenvalue weighted by Crippen LogP contribution is 2.31. The minimum Gasteiger partial charge on any atom is -0.496 e. The maximum atomic E-state index is 5.53. The van der Waals surface area contributed by atoms with Gasteiger partial charge in [0.05, 0.1) is 12.8 Å². The van der Waals surface area contributed by atoms with Crippen LogP contribution in [-0.2, 0) is 0 Å². The van der Waals surface area contributed by atoms with Crippen LogP contribution in [0.15, 0.2) is 67.1 Å². The second kappa shape index (κ2) is 6.48. The first-order chi connectivity index (χ1) is 12.3. The summed E-state index contributed by atoms with van der Waals surface area (Å²) < 4.78 is 5.53. The first kappa shape index (κ1) is 14.9. The second-order valence-corrected chi connectivity index (χ2v) is 5.24. The number of benzene rings is 1. The van der Waals surface area contributed by atoms with E-state index in [4.69, 9.17) is 4.74 Å². The van der Waals surface area contributed by atoms with E-state index in [1.54, 1.807) is 25.7 Å². The average Bonchev–Trinajstić information content (AvgIpc) is 3.19. The van der Waals surface area contributed by atoms with Crippen LogP contribution in [0.5, 0.6) is 5.75 Å². The molecule has 3 aromatic heterocycles. The van der Waals surface area contributed by atoms with Gasteiger partial charge in [0.2, 0.25) is 5.82 Å². The zero-order valence-electron chi connectivity index (χ0n) is 13.4. The van der Waals surface area contributed by atoms with Gasteiger partial charge in [-0.05, 0) is 47.2 Å². The maximum absolute atomic E-state index is 5.53. The van der Waals surface area contributed by atoms with Crippen molar-refractivity contribution in [2.45, 2.75) is 0 Å². The summed E-state index contributed by atoms with van der Waals surface area (Å²) in [5.41, 5.74) is 3.43. The Morgan fingerprint density at radius 1 is 0.960 bits per heavy atom. The van der Waals surface area contributed by atoms with Crippen LogP contribution in [0, 0.1) is 0 Å². The van der Waals surface area contributed by atoms with Crippen LogP contribution in [0.25, 0.3) is 28.3 Å². The lowest BCUT2D eigenvalue weighted by molar-refractivity contribution is 0.416. The van der Waals surface area contributed by atoms with Gasteiger partial charge in [-0.25, -0.2) is 0 Å². The molecule has 7 nitrogen and oxygen atoms in total. The Hall–Kier alpha value is -3.61. The van der Waals surface area contributed by atoms with Crippen LogP contribution in [0.1, 0.15) is 0 Å². The van der Waals surface area contributed by atoms with Crippen molar-refractivity contribution in [2.24, 2.45) is 0 Å². The van der Waals surface area contributed by atoms with Gasteiger partial charge >= 0.3 is 0 Å². The number of methoxy groups -OCH3 is 1. The van der Waals surface area contributed by atoms with Gasteiger partial charge < -0.3 is 4.74 Å². The first-order valence-corrected chi connectivity index (χ1v) is 7.65. The van der Waals surface area contributed by atoms with Gasteiger partial charge in [0.15, 0.2) is 0 Å². The molecule has 0 aliphatic rings. The van der Waals surface area contributed by atoms with Gasteiger partial charge in [0.25, 0.3) is 0 Å². The maximum Gasteiger partial charge on any atom is 0.223 e. The van der Waals surface area contributed by atoms with E-state index >= 15 is 0 Å². The van der Waals surface area contributed by atoms with Crippen LogP contribution >= 0.6 is 0 Å². The Kier molecular flexibility index (Phi) is 3.88. The lowest BCUT2D eigenvalue weighted by atomic mass is 10.1. The summed E-state index contributed by atoms with van der Waals surface area (Å²) in [7, 11) is 1.64. The van der Waals surface area contributed by atoms with Gasteiger partial charge in [-0.2, -0.15) is 0 Å². The van der Waals surface area contributed by atoms with Crippen LogP contribution in [0.3, 0.4) is 0 Å².